The molecule has 3 amide bonds. The number of hydrogen-bond acceptors (Lipinski definition) is 4. The first kappa shape index (κ1) is 19.6. The van der Waals surface area contributed by atoms with Crippen LogP contribution in [0.3, 0.4) is 0 Å². The van der Waals surface area contributed by atoms with E-state index >= 15 is 0 Å². The van der Waals surface area contributed by atoms with Crippen LogP contribution in [0.15, 0.2) is 36.5 Å². The van der Waals surface area contributed by atoms with E-state index in [1.807, 2.05) is 18.2 Å². The van der Waals surface area contributed by atoms with Crippen LogP contribution in [-0.4, -0.2) is 38.9 Å². The summed E-state index contributed by atoms with van der Waals surface area (Å²) in [6, 6.07) is 9.15. The number of halogens is 1. The second-order valence-electron chi connectivity index (χ2n) is 7.63. The molecule has 2 fully saturated rings. The van der Waals surface area contributed by atoms with Crippen molar-refractivity contribution in [2.45, 2.75) is 38.6 Å². The number of rotatable bonds is 6. The molecular weight excluding hydrogens is 392 g/mol. The standard InChI is InChI=1S/C21H23ClN4O3/c22-15-5-3-4-14(12-15)13-26-18(8-10-23-26)24-19(27)9-11-25-20(28)16-6-1-2-7-17(16)21(25)29/h3-5,8,10,12,16-17H,1-2,6-7,9,11,13H2,(H,24,27)/t16-,17-/m1/s1. The number of carbonyl (C=O) groups is 3. The van der Waals surface area contributed by atoms with Gasteiger partial charge in [0.25, 0.3) is 0 Å². The largest absolute Gasteiger partial charge is 0.311 e. The molecule has 2 heterocycles. The number of carbonyl (C=O) groups excluding carboxylic acids is 3. The third-order valence-corrected chi connectivity index (χ3v) is 5.94. The molecule has 0 unspecified atom stereocenters. The van der Waals surface area contributed by atoms with Crippen LogP contribution in [-0.2, 0) is 20.9 Å². The number of benzene rings is 1. The Morgan fingerprint density at radius 1 is 1.14 bits per heavy atom. The third-order valence-electron chi connectivity index (χ3n) is 5.70. The van der Waals surface area contributed by atoms with Crippen molar-refractivity contribution < 1.29 is 14.4 Å². The van der Waals surface area contributed by atoms with Gasteiger partial charge in [-0.25, -0.2) is 4.68 Å². The average Bonchev–Trinajstić information content (AvgIpc) is 3.23. The van der Waals surface area contributed by atoms with Crippen LogP contribution in [0.5, 0.6) is 0 Å². The highest BCUT2D eigenvalue weighted by Gasteiger charge is 2.47. The zero-order valence-electron chi connectivity index (χ0n) is 16.0. The Morgan fingerprint density at radius 3 is 2.55 bits per heavy atom. The quantitative estimate of drug-likeness (QED) is 0.736. The molecule has 1 saturated carbocycles. The fraction of sp³-hybridized carbons (Fsp3) is 0.429. The summed E-state index contributed by atoms with van der Waals surface area (Å²) in [5.41, 5.74) is 0.965. The molecule has 1 aromatic carbocycles. The van der Waals surface area contributed by atoms with Crippen molar-refractivity contribution in [3.05, 3.63) is 47.1 Å². The summed E-state index contributed by atoms with van der Waals surface area (Å²) in [4.78, 5) is 38.7. The molecular formula is C21H23ClN4O3. The van der Waals surface area contributed by atoms with Gasteiger partial charge >= 0.3 is 0 Å². The molecule has 2 aliphatic rings. The fourth-order valence-corrected chi connectivity index (χ4v) is 4.46. The van der Waals surface area contributed by atoms with Crippen molar-refractivity contribution in [3.8, 4) is 0 Å². The van der Waals surface area contributed by atoms with Crippen LogP contribution in [0.1, 0.15) is 37.7 Å². The molecule has 152 valence electrons. The predicted molar refractivity (Wildman–Crippen MR) is 108 cm³/mol. The van der Waals surface area contributed by atoms with Gasteiger partial charge in [-0.05, 0) is 30.5 Å². The molecule has 8 heteroatoms. The smallest absolute Gasteiger partial charge is 0.233 e. The molecule has 29 heavy (non-hydrogen) atoms. The highest BCUT2D eigenvalue weighted by Crippen LogP contribution is 2.37. The molecule has 1 aliphatic heterocycles. The average molecular weight is 415 g/mol. The number of hydrogen-bond donors (Lipinski definition) is 1. The molecule has 7 nitrogen and oxygen atoms in total. The van der Waals surface area contributed by atoms with Crippen LogP contribution in [0.4, 0.5) is 5.82 Å². The highest BCUT2D eigenvalue weighted by molar-refractivity contribution is 6.30. The fourth-order valence-electron chi connectivity index (χ4n) is 4.24. The van der Waals surface area contributed by atoms with Gasteiger partial charge in [0.2, 0.25) is 17.7 Å². The minimum Gasteiger partial charge on any atom is -0.311 e. The van der Waals surface area contributed by atoms with Crippen LogP contribution in [0, 0.1) is 11.8 Å². The molecule has 0 spiro atoms. The number of amides is 3. The Labute approximate surface area is 174 Å². The van der Waals surface area contributed by atoms with Crippen molar-refractivity contribution in [2.24, 2.45) is 11.8 Å². The lowest BCUT2D eigenvalue weighted by atomic mass is 9.81. The van der Waals surface area contributed by atoms with E-state index < -0.39 is 0 Å². The molecule has 0 bridgehead atoms. The number of aromatic nitrogens is 2. The van der Waals surface area contributed by atoms with Crippen molar-refractivity contribution >= 4 is 35.1 Å². The normalized spacial score (nSPS) is 21.3. The van der Waals surface area contributed by atoms with E-state index in [0.717, 1.165) is 31.2 Å². The van der Waals surface area contributed by atoms with Crippen molar-refractivity contribution in [1.29, 1.82) is 0 Å². The molecule has 1 aliphatic carbocycles. The minimum absolute atomic E-state index is 0.0687. The minimum atomic E-state index is -0.256. The molecule has 4 rings (SSSR count). The van der Waals surface area contributed by atoms with Crippen LogP contribution >= 0.6 is 11.6 Å². The Morgan fingerprint density at radius 2 is 1.86 bits per heavy atom. The summed E-state index contributed by atoms with van der Waals surface area (Å²) in [5.74, 6) is -0.287. The molecule has 0 radical (unpaired) electrons. The highest BCUT2D eigenvalue weighted by atomic mass is 35.5. The lowest BCUT2D eigenvalue weighted by Crippen LogP contribution is -2.34. The van der Waals surface area contributed by atoms with Crippen molar-refractivity contribution in [3.63, 3.8) is 0 Å². The number of nitrogens with zero attached hydrogens (tertiary/aromatic N) is 3. The number of fused-ring (bicyclic) bond motifs is 1. The number of imide groups is 1. The second kappa shape index (κ2) is 8.37. The van der Waals surface area contributed by atoms with Gasteiger partial charge in [-0.2, -0.15) is 5.10 Å². The summed E-state index contributed by atoms with van der Waals surface area (Å²) in [6.07, 6.45) is 5.22. The van der Waals surface area contributed by atoms with E-state index in [4.69, 9.17) is 11.6 Å². The lowest BCUT2D eigenvalue weighted by molar-refractivity contribution is -0.140. The van der Waals surface area contributed by atoms with Gasteiger partial charge in [-0.1, -0.05) is 36.6 Å². The van der Waals surface area contributed by atoms with Crippen molar-refractivity contribution in [2.75, 3.05) is 11.9 Å². The molecule has 1 aromatic heterocycles. The maximum atomic E-state index is 12.5. The topological polar surface area (TPSA) is 84.3 Å². The van der Waals surface area contributed by atoms with Gasteiger partial charge in [0.05, 0.1) is 24.6 Å². The van der Waals surface area contributed by atoms with E-state index in [9.17, 15) is 14.4 Å². The first-order valence-corrected chi connectivity index (χ1v) is 10.3. The van der Waals surface area contributed by atoms with Gasteiger partial charge < -0.3 is 5.32 Å². The Balaban J connectivity index is 1.34. The predicted octanol–water partition coefficient (Wildman–Crippen LogP) is 3.09. The van der Waals surface area contributed by atoms with E-state index in [2.05, 4.69) is 10.4 Å². The number of nitrogens with one attached hydrogen (secondary N) is 1. The number of likely N-dealkylation sites (tertiary alicyclic amines) is 1. The maximum absolute atomic E-state index is 12.5. The van der Waals surface area contributed by atoms with Gasteiger partial charge in [0.15, 0.2) is 0 Å². The van der Waals surface area contributed by atoms with Gasteiger partial charge in [0.1, 0.15) is 5.82 Å². The Hall–Kier alpha value is -2.67. The van der Waals surface area contributed by atoms with Crippen LogP contribution < -0.4 is 5.32 Å². The third kappa shape index (κ3) is 4.19. The first-order valence-electron chi connectivity index (χ1n) is 9.94. The summed E-state index contributed by atoms with van der Waals surface area (Å²) in [6.45, 7) is 0.592. The van der Waals surface area contributed by atoms with Gasteiger partial charge in [0, 0.05) is 24.1 Å². The second-order valence-corrected chi connectivity index (χ2v) is 8.06. The van der Waals surface area contributed by atoms with Crippen molar-refractivity contribution in [1.82, 2.24) is 14.7 Å². The number of anilines is 1. The zero-order chi connectivity index (χ0) is 20.4. The summed E-state index contributed by atoms with van der Waals surface area (Å²) in [7, 11) is 0. The summed E-state index contributed by atoms with van der Waals surface area (Å²) < 4.78 is 1.67. The lowest BCUT2D eigenvalue weighted by Gasteiger charge is -2.19. The SMILES string of the molecule is O=C(CCN1C(=O)[C@@H]2CCCC[C@H]2C1=O)Nc1ccnn1Cc1cccc(Cl)c1. The molecule has 2 atom stereocenters. The molecule has 1 N–H and O–H groups in total. The zero-order valence-corrected chi connectivity index (χ0v) is 16.8. The van der Waals surface area contributed by atoms with E-state index in [-0.39, 0.29) is 42.5 Å². The molecule has 2 aromatic rings. The van der Waals surface area contributed by atoms with Gasteiger partial charge in [-0.3, -0.25) is 19.3 Å². The van der Waals surface area contributed by atoms with Crippen LogP contribution in [0.25, 0.3) is 0 Å². The van der Waals surface area contributed by atoms with E-state index in [0.29, 0.717) is 17.4 Å². The summed E-state index contributed by atoms with van der Waals surface area (Å²) in [5, 5.41) is 7.71. The Kier molecular flexibility index (Phi) is 5.67. The van der Waals surface area contributed by atoms with Gasteiger partial charge in [-0.15, -0.1) is 0 Å². The Bertz CT molecular complexity index is 918. The maximum Gasteiger partial charge on any atom is 0.233 e. The summed E-state index contributed by atoms with van der Waals surface area (Å²) >= 11 is 6.02. The van der Waals surface area contributed by atoms with Crippen LogP contribution in [0.2, 0.25) is 5.02 Å². The van der Waals surface area contributed by atoms with E-state index in [1.54, 1.807) is 23.0 Å². The first-order chi connectivity index (χ1) is 14.0. The van der Waals surface area contributed by atoms with E-state index in [1.165, 1.54) is 4.90 Å². The molecule has 1 saturated heterocycles. The monoisotopic (exact) mass is 414 g/mol.